The summed E-state index contributed by atoms with van der Waals surface area (Å²) in [6.45, 7) is 4.26. The van der Waals surface area contributed by atoms with E-state index in [1.54, 1.807) is 6.08 Å². The van der Waals surface area contributed by atoms with Crippen LogP contribution in [0.2, 0.25) is 0 Å². The van der Waals surface area contributed by atoms with Crippen LogP contribution in [-0.4, -0.2) is 5.97 Å². The van der Waals surface area contributed by atoms with Gasteiger partial charge in [0.05, 0.1) is 0 Å². The van der Waals surface area contributed by atoms with E-state index in [0.717, 1.165) is 17.5 Å². The van der Waals surface area contributed by atoms with Crippen LogP contribution >= 0.6 is 0 Å². The van der Waals surface area contributed by atoms with Crippen molar-refractivity contribution in [3.63, 3.8) is 0 Å². The summed E-state index contributed by atoms with van der Waals surface area (Å²) in [5.41, 5.74) is 2.05. The van der Waals surface area contributed by atoms with Gasteiger partial charge in [-0.1, -0.05) is 62.4 Å². The lowest BCUT2D eigenvalue weighted by Gasteiger charge is -2.13. The molecule has 2 nitrogen and oxygen atoms in total. The third-order valence-electron chi connectivity index (χ3n) is 3.48. The van der Waals surface area contributed by atoms with E-state index in [-0.39, 0.29) is 5.97 Å². The number of ether oxygens (including phenoxy) is 1. The minimum absolute atomic E-state index is 0.352. The molecule has 108 valence electrons. The summed E-state index contributed by atoms with van der Waals surface area (Å²) in [5.74, 6) is 0.663. The molecule has 0 aliphatic carbocycles. The van der Waals surface area contributed by atoms with Crippen molar-refractivity contribution < 1.29 is 9.53 Å². The van der Waals surface area contributed by atoms with Crippen molar-refractivity contribution in [2.24, 2.45) is 0 Å². The van der Waals surface area contributed by atoms with E-state index in [0.29, 0.717) is 11.7 Å². The number of benzene rings is 2. The van der Waals surface area contributed by atoms with Crippen molar-refractivity contribution in [3.8, 4) is 5.75 Å². The number of hydrogen-bond acceptors (Lipinski definition) is 2. The molecule has 0 aliphatic heterocycles. The molecule has 0 aliphatic rings. The molecule has 0 spiro atoms. The fourth-order valence-corrected chi connectivity index (χ4v) is 2.07. The van der Waals surface area contributed by atoms with Gasteiger partial charge in [-0.25, -0.2) is 4.79 Å². The molecule has 0 saturated heterocycles. The smallest absolute Gasteiger partial charge is 0.336 e. The predicted molar refractivity (Wildman–Crippen MR) is 86.3 cm³/mol. The molecule has 2 aromatic rings. The first-order valence-corrected chi connectivity index (χ1v) is 7.24. The maximum absolute atomic E-state index is 11.9. The lowest BCUT2D eigenvalue weighted by atomic mass is 9.98. The predicted octanol–water partition coefficient (Wildman–Crippen LogP) is 4.82. The van der Waals surface area contributed by atoms with Crippen molar-refractivity contribution in [1.82, 2.24) is 0 Å². The highest BCUT2D eigenvalue weighted by molar-refractivity contribution is 5.88. The zero-order valence-corrected chi connectivity index (χ0v) is 12.5. The number of rotatable bonds is 5. The van der Waals surface area contributed by atoms with Crippen molar-refractivity contribution in [2.75, 3.05) is 0 Å². The summed E-state index contributed by atoms with van der Waals surface area (Å²) in [6.07, 6.45) is 4.23. The Bertz CT molecular complexity index is 614. The molecule has 0 fully saturated rings. The summed E-state index contributed by atoms with van der Waals surface area (Å²) in [7, 11) is 0. The van der Waals surface area contributed by atoms with Crippen LogP contribution in [0.4, 0.5) is 0 Å². The zero-order valence-electron chi connectivity index (χ0n) is 12.5. The fourth-order valence-electron chi connectivity index (χ4n) is 2.07. The molecular formula is C19H20O2. The van der Waals surface area contributed by atoms with Crippen LogP contribution in [0.5, 0.6) is 5.75 Å². The number of hydrogen-bond donors (Lipinski definition) is 0. The van der Waals surface area contributed by atoms with E-state index in [1.165, 1.54) is 6.08 Å². The summed E-state index contributed by atoms with van der Waals surface area (Å²) >= 11 is 0. The average Bonchev–Trinajstić information content (AvgIpc) is 2.54. The molecule has 1 unspecified atom stereocenters. The van der Waals surface area contributed by atoms with Crippen LogP contribution in [-0.2, 0) is 4.79 Å². The van der Waals surface area contributed by atoms with E-state index in [1.807, 2.05) is 54.6 Å². The van der Waals surface area contributed by atoms with Crippen LogP contribution in [0.3, 0.4) is 0 Å². The van der Waals surface area contributed by atoms with Gasteiger partial charge in [-0.05, 0) is 35.6 Å². The average molecular weight is 280 g/mol. The Morgan fingerprint density at radius 2 is 1.76 bits per heavy atom. The number of para-hydroxylation sites is 1. The Balaban J connectivity index is 2.08. The number of carbonyl (C=O) groups is 1. The highest BCUT2D eigenvalue weighted by atomic mass is 16.5. The van der Waals surface area contributed by atoms with Gasteiger partial charge in [0.15, 0.2) is 0 Å². The molecule has 0 heterocycles. The second-order valence-electron chi connectivity index (χ2n) is 5.01. The van der Waals surface area contributed by atoms with Gasteiger partial charge in [-0.3, -0.25) is 0 Å². The highest BCUT2D eigenvalue weighted by Crippen LogP contribution is 2.28. The van der Waals surface area contributed by atoms with Crippen molar-refractivity contribution in [2.45, 2.75) is 26.2 Å². The summed E-state index contributed by atoms with van der Waals surface area (Å²) in [5, 5.41) is 0. The summed E-state index contributed by atoms with van der Waals surface area (Å²) < 4.78 is 5.46. The van der Waals surface area contributed by atoms with E-state index < -0.39 is 0 Å². The molecule has 1 atom stereocenters. The van der Waals surface area contributed by atoms with Crippen molar-refractivity contribution >= 4 is 12.0 Å². The van der Waals surface area contributed by atoms with Crippen molar-refractivity contribution in [3.05, 3.63) is 71.8 Å². The van der Waals surface area contributed by atoms with Crippen molar-refractivity contribution in [1.29, 1.82) is 0 Å². The van der Waals surface area contributed by atoms with Crippen LogP contribution < -0.4 is 4.74 Å². The summed E-state index contributed by atoms with van der Waals surface area (Å²) in [6, 6.07) is 17.4. The molecular weight excluding hydrogens is 260 g/mol. The standard InChI is InChI=1S/C19H20O2/c1-3-15(2)17-11-7-8-12-18(17)21-19(20)14-13-16-9-5-4-6-10-16/h4-15H,3H2,1-2H3/b14-13+. The van der Waals surface area contributed by atoms with E-state index in [9.17, 15) is 4.79 Å². The third-order valence-corrected chi connectivity index (χ3v) is 3.48. The maximum Gasteiger partial charge on any atom is 0.336 e. The van der Waals surface area contributed by atoms with Gasteiger partial charge < -0.3 is 4.74 Å². The van der Waals surface area contributed by atoms with Crippen LogP contribution in [0.15, 0.2) is 60.7 Å². The molecule has 0 bridgehead atoms. The zero-order chi connectivity index (χ0) is 15.1. The molecule has 0 aromatic heterocycles. The Morgan fingerprint density at radius 3 is 2.48 bits per heavy atom. The number of esters is 1. The van der Waals surface area contributed by atoms with Crippen LogP contribution in [0.25, 0.3) is 6.08 Å². The molecule has 0 amide bonds. The second-order valence-corrected chi connectivity index (χ2v) is 5.01. The first kappa shape index (κ1) is 15.0. The lowest BCUT2D eigenvalue weighted by molar-refractivity contribution is -0.128. The quantitative estimate of drug-likeness (QED) is 0.446. The van der Waals surface area contributed by atoms with Crippen LogP contribution in [0, 0.1) is 0 Å². The molecule has 2 rings (SSSR count). The molecule has 0 radical (unpaired) electrons. The van der Waals surface area contributed by atoms with E-state index >= 15 is 0 Å². The Morgan fingerprint density at radius 1 is 1.10 bits per heavy atom. The SMILES string of the molecule is CCC(C)c1ccccc1OC(=O)/C=C/c1ccccc1. The van der Waals surface area contributed by atoms with Gasteiger partial charge >= 0.3 is 5.97 Å². The Kier molecular flexibility index (Phi) is 5.33. The summed E-state index contributed by atoms with van der Waals surface area (Å²) in [4.78, 5) is 11.9. The van der Waals surface area contributed by atoms with E-state index in [2.05, 4.69) is 13.8 Å². The third kappa shape index (κ3) is 4.32. The van der Waals surface area contributed by atoms with Gasteiger partial charge in [0.2, 0.25) is 0 Å². The van der Waals surface area contributed by atoms with Crippen LogP contribution in [0.1, 0.15) is 37.3 Å². The van der Waals surface area contributed by atoms with Gasteiger partial charge in [0.25, 0.3) is 0 Å². The normalized spacial score (nSPS) is 12.3. The van der Waals surface area contributed by atoms with Gasteiger partial charge in [-0.2, -0.15) is 0 Å². The maximum atomic E-state index is 11.9. The Hall–Kier alpha value is -2.35. The fraction of sp³-hybridized carbons (Fsp3) is 0.211. The molecule has 2 aromatic carbocycles. The number of carbonyl (C=O) groups excluding carboxylic acids is 1. The first-order valence-electron chi connectivity index (χ1n) is 7.24. The van der Waals surface area contributed by atoms with Gasteiger partial charge in [0.1, 0.15) is 5.75 Å². The minimum atomic E-state index is -0.352. The monoisotopic (exact) mass is 280 g/mol. The Labute approximate surface area is 126 Å². The first-order chi connectivity index (χ1) is 10.2. The minimum Gasteiger partial charge on any atom is -0.423 e. The van der Waals surface area contributed by atoms with Gasteiger partial charge in [0, 0.05) is 6.08 Å². The topological polar surface area (TPSA) is 26.3 Å². The molecule has 2 heteroatoms. The largest absolute Gasteiger partial charge is 0.423 e. The molecule has 21 heavy (non-hydrogen) atoms. The van der Waals surface area contributed by atoms with E-state index in [4.69, 9.17) is 4.74 Å². The lowest BCUT2D eigenvalue weighted by Crippen LogP contribution is -2.06. The molecule has 0 N–H and O–H groups in total. The second kappa shape index (κ2) is 7.44. The molecule has 0 saturated carbocycles. The van der Waals surface area contributed by atoms with Gasteiger partial charge in [-0.15, -0.1) is 0 Å². The highest BCUT2D eigenvalue weighted by Gasteiger charge is 2.11.